The number of hydrogen-bond acceptors (Lipinski definition) is 4. The van der Waals surface area contributed by atoms with E-state index in [-0.39, 0.29) is 17.2 Å². The molecule has 118 valence electrons. The van der Waals surface area contributed by atoms with E-state index in [4.69, 9.17) is 4.74 Å². The van der Waals surface area contributed by atoms with E-state index in [9.17, 15) is 17.2 Å². The molecular weight excluding hydrogens is 332 g/mol. The van der Waals surface area contributed by atoms with Gasteiger partial charge in [0.25, 0.3) is 0 Å². The van der Waals surface area contributed by atoms with Gasteiger partial charge >= 0.3 is 0 Å². The molecule has 0 aliphatic heterocycles. The van der Waals surface area contributed by atoms with Crippen LogP contribution in [-0.2, 0) is 10.0 Å². The normalized spacial score (nSPS) is 11.3. The smallest absolute Gasteiger partial charge is 0.229 e. The third-order valence-electron chi connectivity index (χ3n) is 2.60. The first kappa shape index (κ1) is 16.6. The molecule has 22 heavy (non-hydrogen) atoms. The van der Waals surface area contributed by atoms with Crippen LogP contribution in [0.2, 0.25) is 0 Å². The standard InChI is InChI=1S/C14H13F2NO3S2/c1-21-10-4-5-12(17-22(2,18)19)14(8-10)20-13-6-3-9(15)7-11(13)16/h3-8,17H,1-2H3. The monoisotopic (exact) mass is 345 g/mol. The molecule has 2 rings (SSSR count). The second kappa shape index (κ2) is 6.53. The largest absolute Gasteiger partial charge is 0.452 e. The number of sulfonamides is 1. The Balaban J connectivity index is 2.42. The zero-order valence-corrected chi connectivity index (χ0v) is 13.4. The molecule has 0 aromatic heterocycles. The van der Waals surface area contributed by atoms with Crippen molar-refractivity contribution >= 4 is 27.5 Å². The van der Waals surface area contributed by atoms with Crippen LogP contribution in [0.15, 0.2) is 41.3 Å². The first-order valence-electron chi connectivity index (χ1n) is 6.07. The van der Waals surface area contributed by atoms with Crippen molar-refractivity contribution in [3.05, 3.63) is 48.0 Å². The Morgan fingerprint density at radius 1 is 1.09 bits per heavy atom. The Morgan fingerprint density at radius 3 is 2.41 bits per heavy atom. The van der Waals surface area contributed by atoms with Crippen LogP contribution < -0.4 is 9.46 Å². The van der Waals surface area contributed by atoms with Crippen molar-refractivity contribution in [3.8, 4) is 11.5 Å². The molecule has 8 heteroatoms. The SMILES string of the molecule is CSc1ccc(NS(C)(=O)=O)c(Oc2ccc(F)cc2F)c1. The number of ether oxygens (including phenoxy) is 1. The fourth-order valence-corrected chi connectivity index (χ4v) is 2.67. The lowest BCUT2D eigenvalue weighted by Crippen LogP contribution is -2.10. The first-order chi connectivity index (χ1) is 10.3. The molecule has 4 nitrogen and oxygen atoms in total. The van der Waals surface area contributed by atoms with Crippen LogP contribution in [0.25, 0.3) is 0 Å². The minimum absolute atomic E-state index is 0.128. The van der Waals surface area contributed by atoms with E-state index in [0.29, 0.717) is 6.07 Å². The van der Waals surface area contributed by atoms with Gasteiger partial charge in [0.1, 0.15) is 5.82 Å². The van der Waals surface area contributed by atoms with Crippen LogP contribution in [-0.4, -0.2) is 20.9 Å². The number of thioether (sulfide) groups is 1. The Labute approximate surface area is 131 Å². The lowest BCUT2D eigenvalue weighted by atomic mass is 10.3. The van der Waals surface area contributed by atoms with E-state index < -0.39 is 21.7 Å². The van der Waals surface area contributed by atoms with Crippen molar-refractivity contribution in [1.82, 2.24) is 0 Å². The molecule has 0 heterocycles. The summed E-state index contributed by atoms with van der Waals surface area (Å²) in [5, 5.41) is 0. The second-order valence-electron chi connectivity index (χ2n) is 4.41. The van der Waals surface area contributed by atoms with Gasteiger partial charge in [0.15, 0.2) is 17.3 Å². The fourth-order valence-electron chi connectivity index (χ4n) is 1.67. The summed E-state index contributed by atoms with van der Waals surface area (Å²) < 4.78 is 57.0. The van der Waals surface area contributed by atoms with Gasteiger partial charge in [-0.2, -0.15) is 0 Å². The average Bonchev–Trinajstić information content (AvgIpc) is 2.42. The van der Waals surface area contributed by atoms with E-state index in [2.05, 4.69) is 4.72 Å². The lowest BCUT2D eigenvalue weighted by Gasteiger charge is -2.13. The third kappa shape index (κ3) is 4.35. The molecular formula is C14H13F2NO3S2. The number of benzene rings is 2. The Morgan fingerprint density at radius 2 is 1.82 bits per heavy atom. The molecule has 1 N–H and O–H groups in total. The van der Waals surface area contributed by atoms with Gasteiger partial charge in [-0.3, -0.25) is 4.72 Å². The van der Waals surface area contributed by atoms with Gasteiger partial charge in [0.05, 0.1) is 11.9 Å². The van der Waals surface area contributed by atoms with Crippen molar-refractivity contribution < 1.29 is 21.9 Å². The number of nitrogens with one attached hydrogen (secondary N) is 1. The maximum Gasteiger partial charge on any atom is 0.229 e. The first-order valence-corrected chi connectivity index (χ1v) is 9.19. The molecule has 2 aromatic rings. The molecule has 0 amide bonds. The van der Waals surface area contributed by atoms with Gasteiger partial charge in [-0.1, -0.05) is 0 Å². The highest BCUT2D eigenvalue weighted by molar-refractivity contribution is 7.98. The van der Waals surface area contributed by atoms with Gasteiger partial charge in [0.2, 0.25) is 10.0 Å². The van der Waals surface area contributed by atoms with E-state index in [1.54, 1.807) is 12.1 Å². The van der Waals surface area contributed by atoms with Crippen LogP contribution >= 0.6 is 11.8 Å². The zero-order valence-electron chi connectivity index (χ0n) is 11.8. The van der Waals surface area contributed by atoms with Crippen LogP contribution in [0.3, 0.4) is 0 Å². The predicted molar refractivity (Wildman–Crippen MR) is 83.1 cm³/mol. The quantitative estimate of drug-likeness (QED) is 0.836. The highest BCUT2D eigenvalue weighted by Gasteiger charge is 2.13. The third-order valence-corrected chi connectivity index (χ3v) is 3.91. The average molecular weight is 345 g/mol. The molecule has 0 radical (unpaired) electrons. The van der Waals surface area contributed by atoms with Gasteiger partial charge in [-0.15, -0.1) is 11.8 Å². The van der Waals surface area contributed by atoms with E-state index in [1.807, 2.05) is 6.26 Å². The molecule has 0 saturated heterocycles. The summed E-state index contributed by atoms with van der Waals surface area (Å²) in [6.07, 6.45) is 2.83. The Kier molecular flexibility index (Phi) is 4.92. The zero-order chi connectivity index (χ0) is 16.3. The van der Waals surface area contributed by atoms with Crippen molar-refractivity contribution in [2.24, 2.45) is 0 Å². The van der Waals surface area contributed by atoms with Gasteiger partial charge in [-0.25, -0.2) is 17.2 Å². The highest BCUT2D eigenvalue weighted by Crippen LogP contribution is 2.34. The van der Waals surface area contributed by atoms with Crippen molar-refractivity contribution in [2.75, 3.05) is 17.2 Å². The number of halogens is 2. The van der Waals surface area contributed by atoms with Gasteiger partial charge < -0.3 is 4.74 Å². The summed E-state index contributed by atoms with van der Waals surface area (Å²) in [6, 6.07) is 7.68. The van der Waals surface area contributed by atoms with Crippen molar-refractivity contribution in [3.63, 3.8) is 0 Å². The molecule has 0 bridgehead atoms. The molecule has 0 aliphatic carbocycles. The summed E-state index contributed by atoms with van der Waals surface area (Å²) in [6.45, 7) is 0. The summed E-state index contributed by atoms with van der Waals surface area (Å²) in [5.74, 6) is -1.67. The predicted octanol–water partition coefficient (Wildman–Crippen LogP) is 3.85. The van der Waals surface area contributed by atoms with Crippen molar-refractivity contribution in [2.45, 2.75) is 4.90 Å². The molecule has 0 saturated carbocycles. The molecule has 2 aromatic carbocycles. The molecule has 0 atom stereocenters. The van der Waals surface area contributed by atoms with E-state index in [1.165, 1.54) is 17.8 Å². The Bertz CT molecular complexity index is 795. The topological polar surface area (TPSA) is 55.4 Å². The molecule has 0 unspecified atom stereocenters. The lowest BCUT2D eigenvalue weighted by molar-refractivity contribution is 0.438. The summed E-state index contributed by atoms with van der Waals surface area (Å²) in [4.78, 5) is 0.802. The minimum Gasteiger partial charge on any atom is -0.452 e. The number of rotatable bonds is 5. The number of hydrogen-bond donors (Lipinski definition) is 1. The summed E-state index contributed by atoms with van der Waals surface area (Å²) in [7, 11) is -3.52. The van der Waals surface area contributed by atoms with Crippen LogP contribution in [0, 0.1) is 11.6 Å². The highest BCUT2D eigenvalue weighted by atomic mass is 32.2. The van der Waals surface area contributed by atoms with Crippen LogP contribution in [0.5, 0.6) is 11.5 Å². The molecule has 0 spiro atoms. The Hall–Kier alpha value is -1.80. The minimum atomic E-state index is -3.52. The summed E-state index contributed by atoms with van der Waals surface area (Å²) in [5.41, 5.74) is 0.170. The molecule has 0 fully saturated rings. The van der Waals surface area contributed by atoms with E-state index >= 15 is 0 Å². The van der Waals surface area contributed by atoms with Gasteiger partial charge in [-0.05, 0) is 36.6 Å². The van der Waals surface area contributed by atoms with Crippen LogP contribution in [0.4, 0.5) is 14.5 Å². The van der Waals surface area contributed by atoms with Gasteiger partial charge in [0, 0.05) is 11.0 Å². The maximum atomic E-state index is 13.7. The van der Waals surface area contributed by atoms with E-state index in [0.717, 1.165) is 23.3 Å². The fraction of sp³-hybridized carbons (Fsp3) is 0.143. The number of anilines is 1. The maximum absolute atomic E-state index is 13.7. The second-order valence-corrected chi connectivity index (χ2v) is 7.04. The van der Waals surface area contributed by atoms with Crippen LogP contribution in [0.1, 0.15) is 0 Å². The van der Waals surface area contributed by atoms with Crippen molar-refractivity contribution in [1.29, 1.82) is 0 Å². The molecule has 0 aliphatic rings. The summed E-state index contributed by atoms with van der Waals surface area (Å²) >= 11 is 1.42.